The number of carbonyl (C=O) groups excluding carboxylic acids is 1. The molecule has 0 atom stereocenters. The van der Waals surface area contributed by atoms with Gasteiger partial charge in [-0.05, 0) is 6.42 Å². The van der Waals surface area contributed by atoms with Gasteiger partial charge in [-0.3, -0.25) is 4.79 Å². The van der Waals surface area contributed by atoms with E-state index in [-0.39, 0.29) is 18.6 Å². The third-order valence-electron chi connectivity index (χ3n) is 1.01. The number of amides is 1. The molecule has 0 aliphatic heterocycles. The summed E-state index contributed by atoms with van der Waals surface area (Å²) in [5.74, 6) is -0.337. The van der Waals surface area contributed by atoms with E-state index in [1.807, 2.05) is 0 Å². The molecule has 0 aliphatic carbocycles. The smallest absolute Gasteiger partial charge is 0.333 e. The molecule has 0 radical (unpaired) electrons. The third kappa shape index (κ3) is 3.57. The number of hydrogen-bond acceptors (Lipinski definition) is 4. The van der Waals surface area contributed by atoms with E-state index in [9.17, 15) is 13.2 Å². The van der Waals surface area contributed by atoms with Gasteiger partial charge in [0.15, 0.2) is 0 Å². The first-order chi connectivity index (χ1) is 5.00. The molecule has 0 aromatic heterocycles. The van der Waals surface area contributed by atoms with Crippen molar-refractivity contribution in [3.05, 3.63) is 0 Å². The van der Waals surface area contributed by atoms with E-state index in [4.69, 9.17) is 5.26 Å². The minimum Gasteiger partial charge on any atom is -0.356 e. The highest BCUT2D eigenvalue weighted by Crippen LogP contribution is 1.95. The zero-order valence-electron chi connectivity index (χ0n) is 5.78. The lowest BCUT2D eigenvalue weighted by atomic mass is 10.4. The predicted molar refractivity (Wildman–Crippen MR) is 38.2 cm³/mol. The SMILES string of the molecule is N#CCCCS(=O)(=O)C(N)=O. The number of hydrogen-bond donors (Lipinski definition) is 1. The van der Waals surface area contributed by atoms with E-state index in [0.717, 1.165) is 0 Å². The van der Waals surface area contributed by atoms with E-state index in [0.29, 0.717) is 0 Å². The van der Waals surface area contributed by atoms with Gasteiger partial charge in [-0.15, -0.1) is 0 Å². The van der Waals surface area contributed by atoms with Gasteiger partial charge in [-0.1, -0.05) is 0 Å². The number of primary amides is 1. The van der Waals surface area contributed by atoms with Gasteiger partial charge < -0.3 is 5.73 Å². The average Bonchev–Trinajstić information content (AvgIpc) is 1.88. The average molecular weight is 176 g/mol. The molecule has 0 saturated heterocycles. The van der Waals surface area contributed by atoms with Gasteiger partial charge in [-0.2, -0.15) is 5.26 Å². The summed E-state index contributed by atoms with van der Waals surface area (Å²) in [7, 11) is -3.78. The molecule has 62 valence electrons. The van der Waals surface area contributed by atoms with E-state index in [1.165, 1.54) is 0 Å². The van der Waals surface area contributed by atoms with Crippen LogP contribution in [0.25, 0.3) is 0 Å². The molecule has 0 bridgehead atoms. The van der Waals surface area contributed by atoms with Crippen molar-refractivity contribution in [2.24, 2.45) is 5.73 Å². The molecule has 11 heavy (non-hydrogen) atoms. The fraction of sp³-hybridized carbons (Fsp3) is 0.600. The van der Waals surface area contributed by atoms with Crippen LogP contribution in [0.3, 0.4) is 0 Å². The van der Waals surface area contributed by atoms with Gasteiger partial charge >= 0.3 is 5.24 Å². The Balaban J connectivity index is 3.98. The molecule has 0 heterocycles. The number of nitrogens with two attached hydrogens (primary N) is 1. The molecule has 0 saturated carbocycles. The van der Waals surface area contributed by atoms with Crippen LogP contribution in [0.4, 0.5) is 4.79 Å². The van der Waals surface area contributed by atoms with Crippen molar-refractivity contribution in [3.63, 3.8) is 0 Å². The Bertz CT molecular complexity index is 275. The second-order valence-electron chi connectivity index (χ2n) is 1.90. The third-order valence-corrected chi connectivity index (χ3v) is 2.45. The first kappa shape index (κ1) is 9.91. The lowest BCUT2D eigenvalue weighted by molar-refractivity contribution is 0.265. The molecular formula is C5H8N2O3S. The van der Waals surface area contributed by atoms with Crippen LogP contribution in [0.5, 0.6) is 0 Å². The number of nitrogens with zero attached hydrogens (tertiary/aromatic N) is 1. The normalized spacial score (nSPS) is 10.5. The Morgan fingerprint density at radius 2 is 2.09 bits per heavy atom. The Labute approximate surface area is 64.7 Å². The summed E-state index contributed by atoms with van der Waals surface area (Å²) >= 11 is 0. The molecule has 1 amide bonds. The quantitative estimate of drug-likeness (QED) is 0.601. The highest BCUT2D eigenvalue weighted by molar-refractivity contribution is 8.05. The van der Waals surface area contributed by atoms with Gasteiger partial charge in [-0.25, -0.2) is 8.42 Å². The van der Waals surface area contributed by atoms with Gasteiger partial charge in [0.2, 0.25) is 9.84 Å². The van der Waals surface area contributed by atoms with Crippen LogP contribution >= 0.6 is 0 Å². The molecule has 5 nitrogen and oxygen atoms in total. The summed E-state index contributed by atoms with van der Waals surface area (Å²) < 4.78 is 21.2. The summed E-state index contributed by atoms with van der Waals surface area (Å²) in [4.78, 5) is 10.2. The van der Waals surface area contributed by atoms with Gasteiger partial charge in [0.1, 0.15) is 0 Å². The maximum atomic E-state index is 10.6. The van der Waals surface area contributed by atoms with Crippen LogP contribution in [0.15, 0.2) is 0 Å². The van der Waals surface area contributed by atoms with Crippen LogP contribution in [0, 0.1) is 11.3 Å². The van der Waals surface area contributed by atoms with E-state index >= 15 is 0 Å². The first-order valence-corrected chi connectivity index (χ1v) is 4.55. The van der Waals surface area contributed by atoms with Crippen molar-refractivity contribution in [1.82, 2.24) is 0 Å². The Morgan fingerprint density at radius 3 is 2.45 bits per heavy atom. The number of rotatable bonds is 3. The summed E-state index contributed by atoms with van der Waals surface area (Å²) in [5.41, 5.74) is 4.54. The molecular weight excluding hydrogens is 168 g/mol. The molecule has 0 fully saturated rings. The molecule has 0 rings (SSSR count). The lowest BCUT2D eigenvalue weighted by Gasteiger charge is -1.94. The Kier molecular flexibility index (Phi) is 3.54. The van der Waals surface area contributed by atoms with Gasteiger partial charge in [0, 0.05) is 6.42 Å². The van der Waals surface area contributed by atoms with Crippen molar-refractivity contribution in [2.45, 2.75) is 12.8 Å². The van der Waals surface area contributed by atoms with Gasteiger partial charge in [0.05, 0.1) is 11.8 Å². The van der Waals surface area contributed by atoms with Crippen molar-refractivity contribution < 1.29 is 13.2 Å². The van der Waals surface area contributed by atoms with Crippen LogP contribution < -0.4 is 5.73 Å². The standard InChI is InChI=1S/C5H8N2O3S/c6-3-1-2-4-11(9,10)5(7)8/h1-2,4H2,(H2,7,8). The van der Waals surface area contributed by atoms with E-state index < -0.39 is 15.1 Å². The minimum atomic E-state index is -3.78. The number of nitriles is 1. The summed E-state index contributed by atoms with van der Waals surface area (Å²) in [6, 6.07) is 1.76. The zero-order valence-corrected chi connectivity index (χ0v) is 6.60. The summed E-state index contributed by atoms with van der Waals surface area (Å²) in [6.07, 6.45) is 0.272. The number of sulfone groups is 1. The number of unbranched alkanes of at least 4 members (excludes halogenated alkanes) is 1. The topological polar surface area (TPSA) is 101 Å². The van der Waals surface area contributed by atoms with Gasteiger partial charge in [0.25, 0.3) is 0 Å². The Hall–Kier alpha value is -1.09. The second-order valence-corrected chi connectivity index (χ2v) is 3.94. The fourth-order valence-corrected chi connectivity index (χ4v) is 1.17. The molecule has 0 aliphatic rings. The summed E-state index contributed by atoms with van der Waals surface area (Å²) in [5, 5.41) is 6.72. The monoisotopic (exact) mass is 176 g/mol. The molecule has 6 heteroatoms. The van der Waals surface area contributed by atoms with Crippen molar-refractivity contribution >= 4 is 15.1 Å². The Morgan fingerprint density at radius 1 is 1.55 bits per heavy atom. The molecule has 2 N–H and O–H groups in total. The maximum absolute atomic E-state index is 10.6. The predicted octanol–water partition coefficient (Wildman–Crippen LogP) is -0.216. The molecule has 0 aromatic carbocycles. The first-order valence-electron chi connectivity index (χ1n) is 2.90. The zero-order chi connectivity index (χ0) is 8.91. The van der Waals surface area contributed by atoms with E-state index in [2.05, 4.69) is 5.73 Å². The highest BCUT2D eigenvalue weighted by atomic mass is 32.2. The van der Waals surface area contributed by atoms with Crippen LogP contribution in [-0.2, 0) is 9.84 Å². The second kappa shape index (κ2) is 3.93. The number of carbonyl (C=O) groups is 1. The summed E-state index contributed by atoms with van der Waals surface area (Å²) in [6.45, 7) is 0. The van der Waals surface area contributed by atoms with E-state index in [1.54, 1.807) is 6.07 Å². The fourth-order valence-electron chi connectivity index (χ4n) is 0.442. The molecule has 0 unspecified atom stereocenters. The van der Waals surface area contributed by atoms with Crippen molar-refractivity contribution in [1.29, 1.82) is 5.26 Å². The maximum Gasteiger partial charge on any atom is 0.333 e. The lowest BCUT2D eigenvalue weighted by Crippen LogP contribution is -2.24. The van der Waals surface area contributed by atoms with Crippen molar-refractivity contribution in [3.8, 4) is 6.07 Å². The highest BCUT2D eigenvalue weighted by Gasteiger charge is 2.16. The minimum absolute atomic E-state index is 0.118. The van der Waals surface area contributed by atoms with Crippen LogP contribution in [-0.4, -0.2) is 19.4 Å². The molecule has 0 aromatic rings. The van der Waals surface area contributed by atoms with Crippen LogP contribution in [0.1, 0.15) is 12.8 Å². The van der Waals surface area contributed by atoms with Crippen LogP contribution in [0.2, 0.25) is 0 Å². The van der Waals surface area contributed by atoms with Crippen molar-refractivity contribution in [2.75, 3.05) is 5.75 Å². The largest absolute Gasteiger partial charge is 0.356 e. The molecule has 0 spiro atoms.